The number of rotatable bonds is 3. The van der Waals surface area contributed by atoms with E-state index in [1.807, 2.05) is 39.1 Å². The van der Waals surface area contributed by atoms with Gasteiger partial charge in [-0.05, 0) is 75.6 Å². The molecule has 0 radical (unpaired) electrons. The minimum absolute atomic E-state index is 0.526. The lowest BCUT2D eigenvalue weighted by atomic mass is 9.86. The van der Waals surface area contributed by atoms with Gasteiger partial charge in [-0.2, -0.15) is 5.26 Å². The Morgan fingerprint density at radius 2 is 1.52 bits per heavy atom. The molecule has 33 heavy (non-hydrogen) atoms. The summed E-state index contributed by atoms with van der Waals surface area (Å²) in [6, 6.07) is 23.7. The number of imidazole rings is 1. The van der Waals surface area contributed by atoms with Crippen molar-refractivity contribution in [3.05, 3.63) is 89.4 Å². The molecule has 0 fully saturated rings. The van der Waals surface area contributed by atoms with Crippen LogP contribution in [0.5, 0.6) is 0 Å². The Labute approximate surface area is 194 Å². The predicted molar refractivity (Wildman–Crippen MR) is 135 cm³/mol. The number of fused-ring (bicyclic) bond motifs is 3. The molecule has 0 aliphatic heterocycles. The van der Waals surface area contributed by atoms with Crippen molar-refractivity contribution in [2.75, 3.05) is 0 Å². The normalized spacial score (nSPS) is 11.8. The third-order valence-electron chi connectivity index (χ3n) is 6.33. The Morgan fingerprint density at radius 1 is 0.818 bits per heavy atom. The molecule has 0 saturated heterocycles. The van der Waals surface area contributed by atoms with Crippen molar-refractivity contribution in [2.45, 2.75) is 40.0 Å². The van der Waals surface area contributed by atoms with Crippen LogP contribution in [0.4, 0.5) is 0 Å². The summed E-state index contributed by atoms with van der Waals surface area (Å²) in [7, 11) is 0. The summed E-state index contributed by atoms with van der Waals surface area (Å²) in [4.78, 5) is 9.48. The van der Waals surface area contributed by atoms with Gasteiger partial charge in [0.2, 0.25) is 0 Å². The summed E-state index contributed by atoms with van der Waals surface area (Å²) in [6.07, 6.45) is 1.85. The lowest BCUT2D eigenvalue weighted by Gasteiger charge is -2.17. The van der Waals surface area contributed by atoms with E-state index in [9.17, 15) is 5.26 Å². The zero-order chi connectivity index (χ0) is 23.3. The molecule has 5 rings (SSSR count). The third kappa shape index (κ3) is 3.56. The monoisotopic (exact) mass is 430 g/mol. The minimum atomic E-state index is -0.526. The second-order valence-electron chi connectivity index (χ2n) is 9.38. The van der Waals surface area contributed by atoms with Crippen LogP contribution in [0, 0.1) is 32.1 Å². The van der Waals surface area contributed by atoms with Crippen LogP contribution in [-0.4, -0.2) is 14.5 Å². The van der Waals surface area contributed by atoms with Crippen LogP contribution in [0.2, 0.25) is 0 Å². The number of hydrogen-bond donors (Lipinski definition) is 0. The Hall–Kier alpha value is -3.97. The molecule has 0 spiro atoms. The summed E-state index contributed by atoms with van der Waals surface area (Å²) in [6.45, 7) is 10.2. The zero-order valence-electron chi connectivity index (χ0n) is 19.6. The maximum Gasteiger partial charge on any atom is 0.111 e. The number of nitrogens with zero attached hydrogens (tertiary/aromatic N) is 4. The molecule has 3 aromatic carbocycles. The molecule has 0 saturated carbocycles. The molecule has 0 N–H and O–H groups in total. The Morgan fingerprint density at radius 3 is 2.18 bits per heavy atom. The van der Waals surface area contributed by atoms with Crippen molar-refractivity contribution in [1.82, 2.24) is 14.5 Å². The van der Waals surface area contributed by atoms with E-state index in [0.717, 1.165) is 39.0 Å². The summed E-state index contributed by atoms with van der Waals surface area (Å²) >= 11 is 0. The molecular formula is C29H26N4. The summed E-state index contributed by atoms with van der Waals surface area (Å²) in [5.41, 5.74) is 9.25. The first kappa shape index (κ1) is 20.9. The van der Waals surface area contributed by atoms with Gasteiger partial charge in [-0.1, -0.05) is 47.5 Å². The number of hydrogen-bond acceptors (Lipinski definition) is 3. The first-order valence-electron chi connectivity index (χ1n) is 11.2. The molecule has 162 valence electrons. The van der Waals surface area contributed by atoms with Crippen LogP contribution in [0.25, 0.3) is 38.8 Å². The second-order valence-corrected chi connectivity index (χ2v) is 9.38. The predicted octanol–water partition coefficient (Wildman–Crippen LogP) is 6.97. The average Bonchev–Trinajstić information content (AvgIpc) is 3.14. The molecule has 0 bridgehead atoms. The molecule has 0 atom stereocenters. The summed E-state index contributed by atoms with van der Waals surface area (Å²) in [5.74, 6) is 0.906. The fourth-order valence-electron chi connectivity index (χ4n) is 4.60. The Bertz CT molecular complexity index is 1540. The Balaban J connectivity index is 1.74. The highest BCUT2D eigenvalue weighted by molar-refractivity contribution is 6.04. The van der Waals surface area contributed by atoms with Crippen molar-refractivity contribution >= 4 is 21.9 Å². The van der Waals surface area contributed by atoms with Crippen LogP contribution < -0.4 is 0 Å². The van der Waals surface area contributed by atoms with Crippen LogP contribution in [-0.2, 0) is 5.41 Å². The summed E-state index contributed by atoms with van der Waals surface area (Å²) < 4.78 is 2.19. The van der Waals surface area contributed by atoms with Gasteiger partial charge >= 0.3 is 0 Å². The number of nitriles is 1. The highest BCUT2D eigenvalue weighted by Crippen LogP contribution is 2.32. The number of pyridine rings is 1. The summed E-state index contributed by atoms with van der Waals surface area (Å²) in [5, 5.41) is 10.6. The largest absolute Gasteiger partial charge is 0.296 e. The molecule has 2 heterocycles. The van der Waals surface area contributed by atoms with E-state index in [2.05, 4.69) is 78.0 Å². The van der Waals surface area contributed by atoms with Gasteiger partial charge in [-0.3, -0.25) is 9.55 Å². The molecule has 0 unspecified atom stereocenters. The quantitative estimate of drug-likeness (QED) is 0.311. The first-order valence-corrected chi connectivity index (χ1v) is 11.2. The van der Waals surface area contributed by atoms with Gasteiger partial charge in [-0.15, -0.1) is 0 Å². The number of aromatic nitrogens is 3. The highest BCUT2D eigenvalue weighted by atomic mass is 15.1. The van der Waals surface area contributed by atoms with E-state index < -0.39 is 5.41 Å². The molecule has 0 aliphatic carbocycles. The van der Waals surface area contributed by atoms with Gasteiger partial charge in [0.05, 0.1) is 28.7 Å². The van der Waals surface area contributed by atoms with E-state index in [-0.39, 0.29) is 0 Å². The van der Waals surface area contributed by atoms with Crippen molar-refractivity contribution in [3.63, 3.8) is 0 Å². The zero-order valence-corrected chi connectivity index (χ0v) is 19.6. The van der Waals surface area contributed by atoms with Crippen LogP contribution in [0.3, 0.4) is 0 Å². The van der Waals surface area contributed by atoms with Gasteiger partial charge in [0.25, 0.3) is 0 Å². The highest BCUT2D eigenvalue weighted by Gasteiger charge is 2.20. The van der Waals surface area contributed by atoms with Gasteiger partial charge in [0.15, 0.2) is 0 Å². The number of aryl methyl sites for hydroxylation is 3. The van der Waals surface area contributed by atoms with Crippen LogP contribution in [0.15, 0.2) is 66.9 Å². The third-order valence-corrected chi connectivity index (χ3v) is 6.33. The van der Waals surface area contributed by atoms with Crippen molar-refractivity contribution < 1.29 is 0 Å². The number of benzene rings is 3. The SMILES string of the molecule is Cc1cc(C)cc(-c2ccc3ncc4nc(C)n(-c5ccc(C(C)(C)C#N)cc5)c4c3c2)c1. The molecule has 0 aliphatic rings. The molecular weight excluding hydrogens is 404 g/mol. The molecule has 4 nitrogen and oxygen atoms in total. The van der Waals surface area contributed by atoms with E-state index in [1.54, 1.807) is 0 Å². The topological polar surface area (TPSA) is 54.5 Å². The van der Waals surface area contributed by atoms with Crippen LogP contribution in [0.1, 0.15) is 36.4 Å². The van der Waals surface area contributed by atoms with Gasteiger partial charge in [0.1, 0.15) is 11.3 Å². The molecule has 0 amide bonds. The van der Waals surface area contributed by atoms with Gasteiger partial charge < -0.3 is 0 Å². The lowest BCUT2D eigenvalue weighted by Crippen LogP contribution is -2.13. The van der Waals surface area contributed by atoms with E-state index >= 15 is 0 Å². The van der Waals surface area contributed by atoms with Crippen molar-refractivity contribution in [1.29, 1.82) is 5.26 Å². The lowest BCUT2D eigenvalue weighted by molar-refractivity contribution is 0.686. The van der Waals surface area contributed by atoms with E-state index in [1.165, 1.54) is 22.3 Å². The average molecular weight is 431 g/mol. The standard InChI is InChI=1S/C29H26N4/c1-18-12-19(2)14-22(13-18)21-6-11-26-25(15-21)28-27(16-31-26)32-20(3)33(28)24-9-7-23(8-10-24)29(4,5)17-30/h6-16H,1-5H3. The van der Waals surface area contributed by atoms with Crippen LogP contribution >= 0.6 is 0 Å². The van der Waals surface area contributed by atoms with Gasteiger partial charge in [-0.25, -0.2) is 4.98 Å². The van der Waals surface area contributed by atoms with E-state index in [0.29, 0.717) is 0 Å². The smallest absolute Gasteiger partial charge is 0.111 e. The first-order chi connectivity index (χ1) is 15.8. The molecule has 2 aromatic heterocycles. The van der Waals surface area contributed by atoms with Gasteiger partial charge in [0, 0.05) is 11.1 Å². The second kappa shape index (κ2) is 7.56. The van der Waals surface area contributed by atoms with Crippen molar-refractivity contribution in [2.24, 2.45) is 0 Å². The van der Waals surface area contributed by atoms with Crippen molar-refractivity contribution in [3.8, 4) is 22.9 Å². The van der Waals surface area contributed by atoms with E-state index in [4.69, 9.17) is 4.98 Å². The Kier molecular flexibility index (Phi) is 4.79. The maximum absolute atomic E-state index is 9.49. The maximum atomic E-state index is 9.49. The minimum Gasteiger partial charge on any atom is -0.296 e. The molecule has 4 heteroatoms. The molecule has 5 aromatic rings. The fraction of sp³-hybridized carbons (Fsp3) is 0.207. The fourth-order valence-corrected chi connectivity index (χ4v) is 4.60.